The highest BCUT2D eigenvalue weighted by Gasteiger charge is 2.36. The molecule has 7 heteroatoms. The Labute approximate surface area is 166 Å². The average molecular weight is 394 g/mol. The summed E-state index contributed by atoms with van der Waals surface area (Å²) in [5.74, 6) is -0.907. The number of thioether (sulfide) groups is 1. The molecular weight excluding hydrogens is 376 g/mol. The second-order valence-corrected chi connectivity index (χ2v) is 7.16. The van der Waals surface area contributed by atoms with Gasteiger partial charge < -0.3 is 10.4 Å². The van der Waals surface area contributed by atoms with Gasteiger partial charge in [0, 0.05) is 5.69 Å². The molecule has 3 rings (SSSR count). The molecule has 0 saturated carbocycles. The van der Waals surface area contributed by atoms with Crippen molar-refractivity contribution in [3.63, 3.8) is 0 Å². The number of carbonyl (C=O) groups is 3. The average Bonchev–Trinajstić information content (AvgIpc) is 2.91. The first-order valence-corrected chi connectivity index (χ1v) is 9.31. The van der Waals surface area contributed by atoms with Crippen LogP contribution in [-0.2, 0) is 9.59 Å². The van der Waals surface area contributed by atoms with Crippen LogP contribution < -0.4 is 5.32 Å². The van der Waals surface area contributed by atoms with E-state index < -0.39 is 17.1 Å². The number of carbonyl (C=O) groups excluding carboxylic acids is 3. The van der Waals surface area contributed by atoms with E-state index in [4.69, 9.17) is 0 Å². The molecule has 3 amide bonds. The van der Waals surface area contributed by atoms with Crippen molar-refractivity contribution >= 4 is 40.6 Å². The molecule has 1 saturated heterocycles. The van der Waals surface area contributed by atoms with Crippen molar-refractivity contribution in [3.05, 3.63) is 76.7 Å². The van der Waals surface area contributed by atoms with E-state index in [9.17, 15) is 19.5 Å². The van der Waals surface area contributed by atoms with Crippen LogP contribution >= 0.6 is 11.8 Å². The summed E-state index contributed by atoms with van der Waals surface area (Å²) in [5.41, 5.74) is 2.28. The first kappa shape index (κ1) is 19.4. The molecule has 2 N–H and O–H groups in total. The van der Waals surface area contributed by atoms with Crippen LogP contribution in [0.4, 0.5) is 10.5 Å². The maximum absolute atomic E-state index is 12.5. The third kappa shape index (κ3) is 4.89. The molecule has 0 atom stereocenters. The molecular formula is C21H18N2O4S. The maximum atomic E-state index is 12.5. The summed E-state index contributed by atoms with van der Waals surface area (Å²) in [6, 6.07) is 15.5. The minimum Gasteiger partial charge on any atom is -0.508 e. The van der Waals surface area contributed by atoms with Gasteiger partial charge in [0.05, 0.1) is 4.91 Å². The Kier molecular flexibility index (Phi) is 5.96. The van der Waals surface area contributed by atoms with E-state index in [-0.39, 0.29) is 17.2 Å². The lowest BCUT2D eigenvalue weighted by Crippen LogP contribution is -2.36. The van der Waals surface area contributed by atoms with Gasteiger partial charge in [-0.1, -0.05) is 36.4 Å². The van der Waals surface area contributed by atoms with Gasteiger partial charge >= 0.3 is 0 Å². The van der Waals surface area contributed by atoms with E-state index >= 15 is 0 Å². The number of anilines is 1. The van der Waals surface area contributed by atoms with Gasteiger partial charge in [0.2, 0.25) is 5.91 Å². The molecule has 0 radical (unpaired) electrons. The Morgan fingerprint density at radius 1 is 1.11 bits per heavy atom. The van der Waals surface area contributed by atoms with Gasteiger partial charge in [-0.25, -0.2) is 0 Å². The van der Waals surface area contributed by atoms with E-state index in [1.807, 2.05) is 43.3 Å². The zero-order valence-electron chi connectivity index (χ0n) is 15.1. The number of phenolic OH excluding ortho intramolecular Hbond substituents is 1. The number of rotatable bonds is 5. The summed E-state index contributed by atoms with van der Waals surface area (Å²) in [6.07, 6.45) is 3.56. The summed E-state index contributed by atoms with van der Waals surface area (Å²) in [6.45, 7) is 1.48. The lowest BCUT2D eigenvalue weighted by Gasteiger charge is -2.12. The standard InChI is InChI=1S/C21H18N2O4S/c1-14(11-15-5-3-2-4-6-15)12-18-20(26)23(21(27)28-18)13-19(25)22-16-7-9-17(24)10-8-16/h2-12,24H,13H2,1H3,(H,22,25)/b14-11?,18-12-. The van der Waals surface area contributed by atoms with Gasteiger partial charge in [0.25, 0.3) is 11.1 Å². The predicted molar refractivity (Wildman–Crippen MR) is 110 cm³/mol. The topological polar surface area (TPSA) is 86.7 Å². The van der Waals surface area contributed by atoms with Crippen molar-refractivity contribution in [2.75, 3.05) is 11.9 Å². The van der Waals surface area contributed by atoms with Crippen LogP contribution in [0.15, 0.2) is 71.2 Å². The number of imide groups is 1. The van der Waals surface area contributed by atoms with Crippen molar-refractivity contribution < 1.29 is 19.5 Å². The monoisotopic (exact) mass is 394 g/mol. The third-order valence-electron chi connectivity index (χ3n) is 3.88. The summed E-state index contributed by atoms with van der Waals surface area (Å²) >= 11 is 0.816. The lowest BCUT2D eigenvalue weighted by molar-refractivity contribution is -0.127. The predicted octanol–water partition coefficient (Wildman–Crippen LogP) is 4.01. The van der Waals surface area contributed by atoms with E-state index in [0.717, 1.165) is 27.8 Å². The fraction of sp³-hybridized carbons (Fsp3) is 0.0952. The number of phenols is 1. The molecule has 0 aliphatic carbocycles. The van der Waals surface area contributed by atoms with Crippen molar-refractivity contribution in [2.24, 2.45) is 0 Å². The Morgan fingerprint density at radius 2 is 1.79 bits per heavy atom. The number of benzene rings is 2. The molecule has 0 bridgehead atoms. The SMILES string of the molecule is CC(=Cc1ccccc1)/C=C1\SC(=O)N(CC(=O)Nc2ccc(O)cc2)C1=O. The normalized spacial score (nSPS) is 16.0. The summed E-state index contributed by atoms with van der Waals surface area (Å²) < 4.78 is 0. The van der Waals surface area contributed by atoms with Gasteiger partial charge in [-0.05, 0) is 60.2 Å². The largest absolute Gasteiger partial charge is 0.508 e. The third-order valence-corrected chi connectivity index (χ3v) is 4.79. The van der Waals surface area contributed by atoms with Crippen LogP contribution in [0, 0.1) is 0 Å². The second-order valence-electron chi connectivity index (χ2n) is 6.16. The fourth-order valence-corrected chi connectivity index (χ4v) is 3.47. The molecule has 28 heavy (non-hydrogen) atoms. The summed E-state index contributed by atoms with van der Waals surface area (Å²) in [5, 5.41) is 11.4. The number of nitrogens with one attached hydrogen (secondary N) is 1. The van der Waals surface area contributed by atoms with Crippen LogP contribution in [0.2, 0.25) is 0 Å². The van der Waals surface area contributed by atoms with Crippen molar-refractivity contribution in [1.82, 2.24) is 4.90 Å². The second kappa shape index (κ2) is 8.58. The Bertz CT molecular complexity index is 966. The van der Waals surface area contributed by atoms with E-state index in [1.54, 1.807) is 6.08 Å². The molecule has 0 spiro atoms. The fourth-order valence-electron chi connectivity index (χ4n) is 2.59. The lowest BCUT2D eigenvalue weighted by atomic mass is 10.1. The first-order valence-electron chi connectivity index (χ1n) is 8.50. The quantitative estimate of drug-likeness (QED) is 0.591. The van der Waals surface area contributed by atoms with E-state index in [2.05, 4.69) is 5.32 Å². The van der Waals surface area contributed by atoms with Crippen LogP contribution in [-0.4, -0.2) is 33.6 Å². The van der Waals surface area contributed by atoms with Crippen LogP contribution in [0.25, 0.3) is 6.08 Å². The molecule has 0 aromatic heterocycles. The van der Waals surface area contributed by atoms with Crippen molar-refractivity contribution in [2.45, 2.75) is 6.92 Å². The zero-order valence-corrected chi connectivity index (χ0v) is 15.9. The molecule has 142 valence electrons. The van der Waals surface area contributed by atoms with Gasteiger partial charge in [-0.2, -0.15) is 0 Å². The molecule has 6 nitrogen and oxygen atoms in total. The van der Waals surface area contributed by atoms with Gasteiger partial charge in [0.15, 0.2) is 0 Å². The summed E-state index contributed by atoms with van der Waals surface area (Å²) in [4.78, 5) is 38.0. The van der Waals surface area contributed by atoms with E-state index in [1.165, 1.54) is 24.3 Å². The smallest absolute Gasteiger partial charge is 0.294 e. The van der Waals surface area contributed by atoms with E-state index in [0.29, 0.717) is 5.69 Å². The molecule has 2 aromatic rings. The highest BCUT2D eigenvalue weighted by atomic mass is 32.2. The van der Waals surface area contributed by atoms with Gasteiger partial charge in [-0.3, -0.25) is 19.3 Å². The maximum Gasteiger partial charge on any atom is 0.294 e. The van der Waals surface area contributed by atoms with Crippen molar-refractivity contribution in [3.8, 4) is 5.75 Å². The molecule has 2 aromatic carbocycles. The molecule has 1 fully saturated rings. The molecule has 1 heterocycles. The number of allylic oxidation sites excluding steroid dienone is 2. The molecule has 1 aliphatic heterocycles. The Balaban J connectivity index is 1.66. The van der Waals surface area contributed by atoms with Crippen molar-refractivity contribution in [1.29, 1.82) is 0 Å². The molecule has 1 aliphatic rings. The zero-order chi connectivity index (χ0) is 20.1. The number of hydrogen-bond acceptors (Lipinski definition) is 5. The number of aromatic hydroxyl groups is 1. The minimum atomic E-state index is -0.495. The first-order chi connectivity index (χ1) is 13.4. The minimum absolute atomic E-state index is 0.0769. The highest BCUT2D eigenvalue weighted by molar-refractivity contribution is 8.18. The van der Waals surface area contributed by atoms with Gasteiger partial charge in [-0.15, -0.1) is 0 Å². The number of hydrogen-bond donors (Lipinski definition) is 2. The van der Waals surface area contributed by atoms with Gasteiger partial charge in [0.1, 0.15) is 12.3 Å². The van der Waals surface area contributed by atoms with Crippen LogP contribution in [0.3, 0.4) is 0 Å². The van der Waals surface area contributed by atoms with Crippen LogP contribution in [0.5, 0.6) is 5.75 Å². The number of nitrogens with zero attached hydrogens (tertiary/aromatic N) is 1. The highest BCUT2D eigenvalue weighted by Crippen LogP contribution is 2.31. The Hall–Kier alpha value is -3.32. The van der Waals surface area contributed by atoms with Crippen LogP contribution in [0.1, 0.15) is 12.5 Å². The number of amides is 3. The summed E-state index contributed by atoms with van der Waals surface area (Å²) in [7, 11) is 0. The molecule has 0 unspecified atom stereocenters. The Morgan fingerprint density at radius 3 is 2.46 bits per heavy atom.